The lowest BCUT2D eigenvalue weighted by atomic mass is 9.92. The number of benzene rings is 2. The van der Waals surface area contributed by atoms with Crippen molar-refractivity contribution in [3.8, 4) is 5.95 Å². The minimum atomic E-state index is -1.03. The van der Waals surface area contributed by atoms with E-state index in [0.29, 0.717) is 25.9 Å². The van der Waals surface area contributed by atoms with E-state index in [9.17, 15) is 28.8 Å². The van der Waals surface area contributed by atoms with Crippen LogP contribution in [0, 0.1) is 5.92 Å². The molecule has 59 heavy (non-hydrogen) atoms. The Morgan fingerprint density at radius 3 is 2.20 bits per heavy atom. The number of hydrogen-bond donors (Lipinski definition) is 3. The van der Waals surface area contributed by atoms with Crippen molar-refractivity contribution in [3.05, 3.63) is 83.6 Å². The summed E-state index contributed by atoms with van der Waals surface area (Å²) in [6.45, 7) is 13.0. The summed E-state index contributed by atoms with van der Waals surface area (Å²) in [7, 11) is 0. The number of likely N-dealkylation sites (tertiary alicyclic amines) is 1. The minimum absolute atomic E-state index is 0.0672. The van der Waals surface area contributed by atoms with Crippen LogP contribution in [-0.4, -0.2) is 112 Å². The van der Waals surface area contributed by atoms with Gasteiger partial charge in [0.15, 0.2) is 5.78 Å². The van der Waals surface area contributed by atoms with Crippen molar-refractivity contribution in [1.29, 1.82) is 0 Å². The number of nitrogens with one attached hydrogen (secondary N) is 3. The quantitative estimate of drug-likeness (QED) is 0.0997. The third-order valence-electron chi connectivity index (χ3n) is 10.8. The maximum absolute atomic E-state index is 14.3. The molecule has 0 bridgehead atoms. The Hall–Kier alpha value is -5.41. The third-order valence-corrected chi connectivity index (χ3v) is 10.8. The second-order valence-electron chi connectivity index (χ2n) is 16.1. The lowest BCUT2D eigenvalue weighted by Crippen LogP contribution is -2.57. The molecule has 0 aliphatic carbocycles. The van der Waals surface area contributed by atoms with Crippen LogP contribution < -0.4 is 20.7 Å². The first kappa shape index (κ1) is 44.7. The van der Waals surface area contributed by atoms with Crippen molar-refractivity contribution in [3.63, 3.8) is 0 Å². The summed E-state index contributed by atoms with van der Waals surface area (Å²) in [6.07, 6.45) is 1.23. The van der Waals surface area contributed by atoms with Crippen molar-refractivity contribution in [2.45, 2.75) is 116 Å². The fourth-order valence-corrected chi connectivity index (χ4v) is 7.38. The van der Waals surface area contributed by atoms with Gasteiger partial charge in [-0.05, 0) is 69.7 Å². The van der Waals surface area contributed by atoms with Crippen LogP contribution >= 0.6 is 0 Å². The number of nitrogens with zero attached hydrogens (tertiary/aromatic N) is 3. The van der Waals surface area contributed by atoms with Gasteiger partial charge >= 0.3 is 11.9 Å². The van der Waals surface area contributed by atoms with E-state index in [4.69, 9.17) is 14.0 Å². The first-order valence-electron chi connectivity index (χ1n) is 20.6. The maximum Gasteiger partial charge on any atom is 0.327 e. The molecule has 2 aliphatic heterocycles. The van der Waals surface area contributed by atoms with E-state index in [-0.39, 0.29) is 62.2 Å². The molecule has 0 spiro atoms. The summed E-state index contributed by atoms with van der Waals surface area (Å²) >= 11 is 0. The molecule has 2 fully saturated rings. The number of Topliss-reactive ketones (excluding diaryl/α,β-unsaturated/α-hetero) is 1. The van der Waals surface area contributed by atoms with Crippen molar-refractivity contribution >= 4 is 35.4 Å². The van der Waals surface area contributed by atoms with Crippen molar-refractivity contribution < 1.29 is 42.8 Å². The largest absolute Gasteiger partial charge is 0.390 e. The average molecular weight is 815 g/mol. The molecule has 3 heterocycles. The Kier molecular flexibility index (Phi) is 15.5. The maximum atomic E-state index is 14.3. The molecule has 3 aromatic rings. The molecule has 318 valence electrons. The zero-order chi connectivity index (χ0) is 42.7. The van der Waals surface area contributed by atoms with Gasteiger partial charge in [-0.15, -0.1) is 0 Å². The van der Waals surface area contributed by atoms with E-state index in [1.54, 1.807) is 6.92 Å². The number of aromatic nitrogens is 1. The molecule has 15 nitrogen and oxygen atoms in total. The smallest absolute Gasteiger partial charge is 0.327 e. The van der Waals surface area contributed by atoms with Gasteiger partial charge in [-0.3, -0.25) is 33.7 Å². The number of ketones is 1. The molecule has 0 saturated carbocycles. The molecule has 2 unspecified atom stereocenters. The van der Waals surface area contributed by atoms with Crippen LogP contribution in [0.15, 0.2) is 71.3 Å². The normalized spacial score (nSPS) is 20.2. The number of epoxide rings is 1. The average Bonchev–Trinajstić information content (AvgIpc) is 3.72. The molecular formula is C44H58N6O9. The fraction of sp³-hybridized carbons (Fsp3) is 0.523. The SMILES string of the molecule is CCN(CC)CC(=O)Oc1cc(CC(=O)N[C@@H](CCc2ccccc2)C(=O)N[C@H]2CC(C)N([C@@H](Cc3ccccc3)C(=O)N[C@@H](CC(C)C)C(=O)C3(C)CO3)C2=O)no1. The molecule has 5 rings (SSSR count). The summed E-state index contributed by atoms with van der Waals surface area (Å²) < 4.78 is 15.8. The van der Waals surface area contributed by atoms with Gasteiger partial charge in [-0.2, -0.15) is 0 Å². The van der Waals surface area contributed by atoms with Gasteiger partial charge in [-0.25, -0.2) is 0 Å². The van der Waals surface area contributed by atoms with E-state index in [1.165, 1.54) is 11.0 Å². The lowest BCUT2D eigenvalue weighted by Gasteiger charge is -2.33. The number of rotatable bonds is 22. The van der Waals surface area contributed by atoms with Crippen LogP contribution in [0.2, 0.25) is 0 Å². The fourth-order valence-electron chi connectivity index (χ4n) is 7.38. The van der Waals surface area contributed by atoms with Crippen LogP contribution in [0.25, 0.3) is 0 Å². The van der Waals surface area contributed by atoms with Gasteiger partial charge in [0, 0.05) is 18.5 Å². The first-order valence-corrected chi connectivity index (χ1v) is 20.6. The second kappa shape index (κ2) is 20.5. The standard InChI is InChI=1S/C44H58N6O9/c1-7-49(8-2)26-38(52)58-39-25-32(48-59-39)24-37(51)45-33(20-19-30-15-11-9-12-16-30)41(54)47-35-22-29(5)50(43(35)56)36(23-31-17-13-10-14-18-31)42(55)46-34(21-28(3)4)40(53)44(6)27-57-44/h9-18,25,28-29,33-36H,7-8,19-24,26-27H2,1-6H3,(H,45,51)(H,46,55)(H,47,54)/t29?,33-,34-,35-,36-,44?/m0/s1. The molecule has 2 aromatic carbocycles. The van der Waals surface area contributed by atoms with Gasteiger partial charge < -0.3 is 34.8 Å². The van der Waals surface area contributed by atoms with Crippen LogP contribution in [0.4, 0.5) is 0 Å². The highest BCUT2D eigenvalue weighted by molar-refractivity contribution is 5.99. The predicted molar refractivity (Wildman–Crippen MR) is 218 cm³/mol. The number of hydrogen-bond acceptors (Lipinski definition) is 11. The molecule has 4 amide bonds. The molecule has 3 N–H and O–H groups in total. The van der Waals surface area contributed by atoms with Gasteiger partial charge in [0.05, 0.1) is 31.3 Å². The number of ether oxygens (including phenoxy) is 2. The number of carbonyl (C=O) groups excluding carboxylic acids is 6. The topological polar surface area (TPSA) is 193 Å². The Labute approximate surface area is 345 Å². The highest BCUT2D eigenvalue weighted by Gasteiger charge is 2.51. The summed E-state index contributed by atoms with van der Waals surface area (Å²) in [5, 5.41) is 12.5. The zero-order valence-electron chi connectivity index (χ0n) is 34.9. The molecule has 2 saturated heterocycles. The van der Waals surface area contributed by atoms with Crippen LogP contribution in [-0.2, 0) is 52.8 Å². The summed E-state index contributed by atoms with van der Waals surface area (Å²) in [6, 6.07) is 15.9. The van der Waals surface area contributed by atoms with Crippen molar-refractivity contribution in [2.75, 3.05) is 26.2 Å². The minimum Gasteiger partial charge on any atom is -0.390 e. The van der Waals surface area contributed by atoms with Gasteiger partial charge in [0.1, 0.15) is 23.7 Å². The Morgan fingerprint density at radius 1 is 0.949 bits per heavy atom. The molecule has 15 heteroatoms. The van der Waals surface area contributed by atoms with Gasteiger partial charge in [0.2, 0.25) is 23.6 Å². The molecule has 0 radical (unpaired) electrons. The number of carbonyl (C=O) groups is 6. The van der Waals surface area contributed by atoms with Crippen LogP contribution in [0.3, 0.4) is 0 Å². The van der Waals surface area contributed by atoms with E-state index >= 15 is 0 Å². The molecular weight excluding hydrogens is 757 g/mol. The molecule has 2 aliphatic rings. The lowest BCUT2D eigenvalue weighted by molar-refractivity contribution is -0.142. The van der Waals surface area contributed by atoms with E-state index in [2.05, 4.69) is 21.1 Å². The Balaban J connectivity index is 1.29. The number of likely N-dealkylation sites (N-methyl/N-ethyl adjacent to an activating group) is 1. The first-order chi connectivity index (χ1) is 28.2. The zero-order valence-corrected chi connectivity index (χ0v) is 34.9. The van der Waals surface area contributed by atoms with Gasteiger partial charge in [0.25, 0.3) is 0 Å². The highest BCUT2D eigenvalue weighted by Crippen LogP contribution is 2.30. The van der Waals surface area contributed by atoms with Crippen LogP contribution in [0.5, 0.6) is 5.95 Å². The third kappa shape index (κ3) is 12.5. The summed E-state index contributed by atoms with van der Waals surface area (Å²) in [5.74, 6) is -2.77. The monoisotopic (exact) mass is 814 g/mol. The van der Waals surface area contributed by atoms with Crippen LogP contribution in [0.1, 0.15) is 77.6 Å². The Morgan fingerprint density at radius 2 is 1.59 bits per heavy atom. The summed E-state index contributed by atoms with van der Waals surface area (Å²) in [4.78, 5) is 85.1. The van der Waals surface area contributed by atoms with Crippen molar-refractivity contribution in [1.82, 2.24) is 30.9 Å². The Bertz CT molecular complexity index is 1910. The van der Waals surface area contributed by atoms with Crippen molar-refractivity contribution in [2.24, 2.45) is 5.92 Å². The highest BCUT2D eigenvalue weighted by atomic mass is 16.7. The van der Waals surface area contributed by atoms with Gasteiger partial charge in [-0.1, -0.05) is 93.5 Å². The second-order valence-corrected chi connectivity index (χ2v) is 16.1. The van der Waals surface area contributed by atoms with E-state index in [0.717, 1.165) is 11.1 Å². The number of amides is 4. The summed E-state index contributed by atoms with van der Waals surface area (Å²) in [5.41, 5.74) is 1.03. The molecule has 6 atom stereocenters. The van der Waals surface area contributed by atoms with E-state index < -0.39 is 65.4 Å². The predicted octanol–water partition coefficient (Wildman–Crippen LogP) is 3.19. The number of aryl methyl sites for hydroxylation is 1. The molecule has 1 aromatic heterocycles. The number of esters is 1. The van der Waals surface area contributed by atoms with E-state index in [1.807, 2.05) is 100 Å².